The second-order valence-corrected chi connectivity index (χ2v) is 6.67. The number of carbonyl (C=O) groups excluding carboxylic acids is 1. The smallest absolute Gasteiger partial charge is 0.244 e. The van der Waals surface area contributed by atoms with E-state index in [-0.39, 0.29) is 12.5 Å². The normalized spacial score (nSPS) is 10.7. The number of anilines is 1. The number of thiophene rings is 1. The van der Waals surface area contributed by atoms with Crippen molar-refractivity contribution in [2.24, 2.45) is 0 Å². The minimum atomic E-state index is -0.134. The lowest BCUT2D eigenvalue weighted by Crippen LogP contribution is -2.19. The first-order valence-corrected chi connectivity index (χ1v) is 8.39. The van der Waals surface area contributed by atoms with Crippen molar-refractivity contribution in [1.29, 1.82) is 0 Å². The van der Waals surface area contributed by atoms with Gasteiger partial charge < -0.3 is 5.32 Å². The van der Waals surface area contributed by atoms with Gasteiger partial charge in [0.1, 0.15) is 6.54 Å². The summed E-state index contributed by atoms with van der Waals surface area (Å²) < 4.78 is 2.14. The number of nitrogens with one attached hydrogen (secondary N) is 2. The summed E-state index contributed by atoms with van der Waals surface area (Å²) in [6, 6.07) is 9.85. The number of H-pyrrole nitrogens is 1. The third kappa shape index (κ3) is 3.57. The summed E-state index contributed by atoms with van der Waals surface area (Å²) in [5.41, 5.74) is 3.01. The van der Waals surface area contributed by atoms with E-state index in [1.165, 1.54) is 0 Å². The molecule has 0 fully saturated rings. The van der Waals surface area contributed by atoms with Crippen LogP contribution in [0.15, 0.2) is 35.7 Å². The predicted octanol–water partition coefficient (Wildman–Crippen LogP) is 3.92. The lowest BCUT2D eigenvalue weighted by molar-refractivity contribution is -0.116. The third-order valence-electron chi connectivity index (χ3n) is 3.31. The van der Waals surface area contributed by atoms with Crippen LogP contribution in [0.2, 0.25) is 0 Å². The Morgan fingerprint density at radius 1 is 1.35 bits per heavy atom. The molecule has 0 saturated carbocycles. The standard InChI is InChI=1S/C16H16N4OS2/c1-10-6-11(2)8-12(7-10)17-14(21)9-20-15(18-19-16(20)22)13-4-3-5-23-13/h3-8H,9H2,1-2H3,(H,17,21)(H,19,22). The number of aryl methyl sites for hydroxylation is 2. The van der Waals surface area contributed by atoms with Gasteiger partial charge in [0.05, 0.1) is 4.88 Å². The maximum absolute atomic E-state index is 12.4. The Kier molecular flexibility index (Phi) is 4.40. The van der Waals surface area contributed by atoms with Crippen molar-refractivity contribution in [2.45, 2.75) is 20.4 Å². The van der Waals surface area contributed by atoms with Gasteiger partial charge in [-0.1, -0.05) is 12.1 Å². The highest BCUT2D eigenvalue weighted by Gasteiger charge is 2.13. The second kappa shape index (κ2) is 6.47. The van der Waals surface area contributed by atoms with Gasteiger partial charge in [0, 0.05) is 5.69 Å². The number of hydrogen-bond donors (Lipinski definition) is 2. The molecule has 3 aromatic rings. The highest BCUT2D eigenvalue weighted by molar-refractivity contribution is 7.71. The van der Waals surface area contributed by atoms with Gasteiger partial charge in [-0.3, -0.25) is 14.5 Å². The predicted molar refractivity (Wildman–Crippen MR) is 95.3 cm³/mol. The van der Waals surface area contributed by atoms with Crippen LogP contribution in [0, 0.1) is 18.6 Å². The second-order valence-electron chi connectivity index (χ2n) is 5.34. The Balaban J connectivity index is 1.81. The van der Waals surface area contributed by atoms with Crippen LogP contribution in [0.3, 0.4) is 0 Å². The molecule has 118 valence electrons. The minimum absolute atomic E-state index is 0.121. The van der Waals surface area contributed by atoms with Crippen molar-refractivity contribution >= 4 is 35.1 Å². The first kappa shape index (κ1) is 15.6. The molecular weight excluding hydrogens is 328 g/mol. The van der Waals surface area contributed by atoms with Crippen LogP contribution in [0.25, 0.3) is 10.7 Å². The molecular formula is C16H16N4OS2. The summed E-state index contributed by atoms with van der Waals surface area (Å²) in [5, 5.41) is 11.9. The van der Waals surface area contributed by atoms with Gasteiger partial charge in [0.2, 0.25) is 5.91 Å². The van der Waals surface area contributed by atoms with Gasteiger partial charge in [0.15, 0.2) is 10.6 Å². The zero-order valence-corrected chi connectivity index (χ0v) is 14.4. The molecule has 0 atom stereocenters. The first-order valence-electron chi connectivity index (χ1n) is 7.10. The number of aromatic amines is 1. The molecule has 5 nitrogen and oxygen atoms in total. The molecule has 0 radical (unpaired) electrons. The number of aromatic nitrogens is 3. The molecule has 3 rings (SSSR count). The van der Waals surface area contributed by atoms with E-state index < -0.39 is 0 Å². The van der Waals surface area contributed by atoms with Gasteiger partial charge in [-0.05, 0) is 60.8 Å². The summed E-state index contributed by atoms with van der Waals surface area (Å²) in [6.45, 7) is 4.13. The fourth-order valence-electron chi connectivity index (χ4n) is 2.45. The third-order valence-corrected chi connectivity index (χ3v) is 4.48. The van der Waals surface area contributed by atoms with Crippen molar-refractivity contribution in [3.05, 3.63) is 51.6 Å². The SMILES string of the molecule is Cc1cc(C)cc(NC(=O)Cn2c(-c3cccs3)n[nH]c2=S)c1. The van der Waals surface area contributed by atoms with Crippen LogP contribution in [0.4, 0.5) is 5.69 Å². The van der Waals surface area contributed by atoms with Crippen LogP contribution in [-0.4, -0.2) is 20.7 Å². The zero-order valence-electron chi connectivity index (χ0n) is 12.8. The van der Waals surface area contributed by atoms with E-state index in [4.69, 9.17) is 12.2 Å². The number of nitrogens with zero attached hydrogens (tertiary/aromatic N) is 2. The van der Waals surface area contributed by atoms with E-state index in [0.29, 0.717) is 10.6 Å². The van der Waals surface area contributed by atoms with Crippen LogP contribution in [-0.2, 0) is 11.3 Å². The van der Waals surface area contributed by atoms with Gasteiger partial charge in [0.25, 0.3) is 0 Å². The van der Waals surface area contributed by atoms with Crippen LogP contribution >= 0.6 is 23.6 Å². The van der Waals surface area contributed by atoms with E-state index in [0.717, 1.165) is 21.7 Å². The summed E-state index contributed by atoms with van der Waals surface area (Å²) in [7, 11) is 0. The molecule has 0 aliphatic rings. The molecule has 0 spiro atoms. The molecule has 1 amide bonds. The van der Waals surface area contributed by atoms with E-state index in [9.17, 15) is 4.79 Å². The Bertz CT molecular complexity index is 873. The van der Waals surface area contributed by atoms with Crippen molar-refractivity contribution in [3.8, 4) is 10.7 Å². The Labute approximate surface area is 143 Å². The quantitative estimate of drug-likeness (QED) is 0.705. The molecule has 2 heterocycles. The first-order chi connectivity index (χ1) is 11.0. The molecule has 0 aliphatic heterocycles. The van der Waals surface area contributed by atoms with Gasteiger partial charge in [-0.25, -0.2) is 0 Å². The van der Waals surface area contributed by atoms with Crippen LogP contribution in [0.1, 0.15) is 11.1 Å². The summed E-state index contributed by atoms with van der Waals surface area (Å²) in [4.78, 5) is 13.3. The molecule has 23 heavy (non-hydrogen) atoms. The monoisotopic (exact) mass is 344 g/mol. The van der Waals surface area contributed by atoms with Crippen molar-refractivity contribution < 1.29 is 4.79 Å². The van der Waals surface area contributed by atoms with E-state index in [1.807, 2.05) is 43.5 Å². The van der Waals surface area contributed by atoms with E-state index in [2.05, 4.69) is 21.6 Å². The summed E-state index contributed by atoms with van der Waals surface area (Å²) in [6.07, 6.45) is 0. The van der Waals surface area contributed by atoms with E-state index in [1.54, 1.807) is 15.9 Å². The fourth-order valence-corrected chi connectivity index (χ4v) is 3.37. The van der Waals surface area contributed by atoms with Crippen LogP contribution < -0.4 is 5.32 Å². The number of carbonyl (C=O) groups is 1. The Morgan fingerprint density at radius 3 is 2.74 bits per heavy atom. The van der Waals surface area contributed by atoms with Crippen LogP contribution in [0.5, 0.6) is 0 Å². The topological polar surface area (TPSA) is 62.7 Å². The molecule has 2 aromatic heterocycles. The Hall–Kier alpha value is -2.25. The van der Waals surface area contributed by atoms with Crippen molar-refractivity contribution in [1.82, 2.24) is 14.8 Å². The average Bonchev–Trinajstić information content (AvgIpc) is 3.08. The van der Waals surface area contributed by atoms with Gasteiger partial charge >= 0.3 is 0 Å². The maximum Gasteiger partial charge on any atom is 0.244 e. The molecule has 1 aromatic carbocycles. The van der Waals surface area contributed by atoms with Gasteiger partial charge in [-0.15, -0.1) is 11.3 Å². The van der Waals surface area contributed by atoms with E-state index >= 15 is 0 Å². The number of hydrogen-bond acceptors (Lipinski definition) is 4. The number of amides is 1. The largest absolute Gasteiger partial charge is 0.325 e. The molecule has 0 aliphatic carbocycles. The highest BCUT2D eigenvalue weighted by Crippen LogP contribution is 2.22. The molecule has 0 saturated heterocycles. The molecule has 2 N–H and O–H groups in total. The van der Waals surface area contributed by atoms with Gasteiger partial charge in [-0.2, -0.15) is 5.10 Å². The highest BCUT2D eigenvalue weighted by atomic mass is 32.1. The Morgan fingerprint density at radius 2 is 2.09 bits per heavy atom. The maximum atomic E-state index is 12.4. The van der Waals surface area contributed by atoms with Crippen molar-refractivity contribution in [3.63, 3.8) is 0 Å². The summed E-state index contributed by atoms with van der Waals surface area (Å²) in [5.74, 6) is 0.547. The number of rotatable bonds is 4. The minimum Gasteiger partial charge on any atom is -0.325 e. The molecule has 0 unspecified atom stereocenters. The lowest BCUT2D eigenvalue weighted by Gasteiger charge is -2.09. The molecule has 0 bridgehead atoms. The summed E-state index contributed by atoms with van der Waals surface area (Å²) >= 11 is 6.80. The number of benzene rings is 1. The lowest BCUT2D eigenvalue weighted by atomic mass is 10.1. The average molecular weight is 344 g/mol. The fraction of sp³-hybridized carbons (Fsp3) is 0.188. The van der Waals surface area contributed by atoms with Crippen molar-refractivity contribution in [2.75, 3.05) is 5.32 Å². The zero-order chi connectivity index (χ0) is 16.4. The molecule has 7 heteroatoms.